The minimum absolute atomic E-state index is 0.0107. The lowest BCUT2D eigenvalue weighted by Gasteiger charge is -2.37. The van der Waals surface area contributed by atoms with E-state index in [1.807, 2.05) is 27.7 Å². The zero-order valence-electron chi connectivity index (χ0n) is 18.6. The zero-order valence-corrected chi connectivity index (χ0v) is 19.4. The van der Waals surface area contributed by atoms with E-state index in [9.17, 15) is 23.1 Å². The minimum Gasteiger partial charge on any atom is -0.393 e. The van der Waals surface area contributed by atoms with Crippen molar-refractivity contribution in [2.45, 2.75) is 63.3 Å². The van der Waals surface area contributed by atoms with E-state index in [0.717, 1.165) is 23.9 Å². The van der Waals surface area contributed by atoms with Crippen molar-refractivity contribution in [2.75, 3.05) is 24.6 Å². The highest BCUT2D eigenvalue weighted by molar-refractivity contribution is 7.91. The van der Waals surface area contributed by atoms with E-state index in [-0.39, 0.29) is 54.6 Å². The Morgan fingerprint density at radius 1 is 1.09 bits per heavy atom. The van der Waals surface area contributed by atoms with Crippen LogP contribution in [0.5, 0.6) is 0 Å². The molecule has 1 N–H and O–H groups in total. The largest absolute Gasteiger partial charge is 0.393 e. The first-order valence-corrected chi connectivity index (χ1v) is 13.6. The molecular formula is C23H30N4O5S. The molecule has 3 aliphatic heterocycles. The maximum atomic E-state index is 13.2. The van der Waals surface area contributed by atoms with Gasteiger partial charge in [0.2, 0.25) is 5.91 Å². The number of rotatable bonds is 5. The normalized spacial score (nSPS) is 26.6. The van der Waals surface area contributed by atoms with Crippen molar-refractivity contribution >= 4 is 32.7 Å². The van der Waals surface area contributed by atoms with Crippen LogP contribution in [-0.4, -0.2) is 87.5 Å². The molecule has 1 aromatic carbocycles. The number of hydrogen-bond donors (Lipinski definition) is 1. The second kappa shape index (κ2) is 8.72. The summed E-state index contributed by atoms with van der Waals surface area (Å²) in [6, 6.07) is 5.83. The maximum absolute atomic E-state index is 13.2. The van der Waals surface area contributed by atoms with Crippen LogP contribution in [-0.2, 0) is 21.2 Å². The molecule has 4 heterocycles. The predicted octanol–water partition coefficient (Wildman–Crippen LogP) is 1.20. The molecule has 0 aliphatic carbocycles. The highest BCUT2D eigenvalue weighted by Crippen LogP contribution is 2.37. The lowest BCUT2D eigenvalue weighted by molar-refractivity contribution is -0.131. The Morgan fingerprint density at radius 2 is 1.79 bits per heavy atom. The third-order valence-corrected chi connectivity index (χ3v) is 8.91. The van der Waals surface area contributed by atoms with Gasteiger partial charge in [0.1, 0.15) is 0 Å². The van der Waals surface area contributed by atoms with Gasteiger partial charge in [0.25, 0.3) is 5.91 Å². The topological polar surface area (TPSA) is 113 Å². The number of carbonyl (C=O) groups excluding carboxylic acids is 2. The average molecular weight is 475 g/mol. The summed E-state index contributed by atoms with van der Waals surface area (Å²) in [7, 11) is -3.00. The first kappa shape index (κ1) is 22.3. The van der Waals surface area contributed by atoms with E-state index >= 15 is 0 Å². The minimum atomic E-state index is -3.00. The van der Waals surface area contributed by atoms with Crippen LogP contribution in [0.3, 0.4) is 0 Å². The van der Waals surface area contributed by atoms with Crippen LogP contribution in [0.25, 0.3) is 11.0 Å². The Bertz CT molecular complexity index is 1150. The van der Waals surface area contributed by atoms with Gasteiger partial charge < -0.3 is 19.5 Å². The molecule has 0 radical (unpaired) electrons. The quantitative estimate of drug-likeness (QED) is 0.697. The number of hydrogen-bond acceptors (Lipinski definition) is 6. The number of piperidine rings is 1. The Labute approximate surface area is 193 Å². The van der Waals surface area contributed by atoms with Gasteiger partial charge in [-0.3, -0.25) is 9.59 Å². The molecule has 2 unspecified atom stereocenters. The van der Waals surface area contributed by atoms with Gasteiger partial charge in [0, 0.05) is 43.7 Å². The van der Waals surface area contributed by atoms with Gasteiger partial charge in [-0.1, -0.05) is 0 Å². The fourth-order valence-corrected chi connectivity index (χ4v) is 6.73. The molecule has 2 atom stereocenters. The highest BCUT2D eigenvalue weighted by atomic mass is 32.2. The molecule has 0 saturated carbocycles. The van der Waals surface area contributed by atoms with Gasteiger partial charge >= 0.3 is 0 Å². The summed E-state index contributed by atoms with van der Waals surface area (Å²) >= 11 is 0. The molecule has 2 bridgehead atoms. The molecule has 10 heteroatoms. The van der Waals surface area contributed by atoms with Crippen LogP contribution in [0.1, 0.15) is 48.9 Å². The summed E-state index contributed by atoms with van der Waals surface area (Å²) in [5.41, 5.74) is 2.29. The van der Waals surface area contributed by atoms with E-state index in [2.05, 4.69) is 4.98 Å². The third kappa shape index (κ3) is 4.50. The molecule has 3 fully saturated rings. The number of sulfone groups is 1. The predicted molar refractivity (Wildman–Crippen MR) is 122 cm³/mol. The summed E-state index contributed by atoms with van der Waals surface area (Å²) < 4.78 is 25.1. The van der Waals surface area contributed by atoms with E-state index in [4.69, 9.17) is 0 Å². The summed E-state index contributed by atoms with van der Waals surface area (Å²) in [5, 5.41) is 10.0. The molecule has 0 spiro atoms. The van der Waals surface area contributed by atoms with Crippen LogP contribution in [0, 0.1) is 0 Å². The second-order valence-corrected chi connectivity index (χ2v) is 11.8. The van der Waals surface area contributed by atoms with E-state index in [1.165, 1.54) is 0 Å². The lowest BCUT2D eigenvalue weighted by atomic mass is 9.98. The fourth-order valence-electron chi connectivity index (χ4n) is 5.52. The molecule has 2 amide bonds. The van der Waals surface area contributed by atoms with Crippen LogP contribution in [0.15, 0.2) is 24.5 Å². The molecule has 5 rings (SSSR count). The van der Waals surface area contributed by atoms with Gasteiger partial charge in [0.15, 0.2) is 9.84 Å². The van der Waals surface area contributed by atoms with Gasteiger partial charge in [-0.25, -0.2) is 13.4 Å². The number of aryl methyl sites for hydroxylation is 1. The van der Waals surface area contributed by atoms with Gasteiger partial charge in [-0.15, -0.1) is 0 Å². The van der Waals surface area contributed by atoms with E-state index in [0.29, 0.717) is 37.8 Å². The highest BCUT2D eigenvalue weighted by Gasteiger charge is 2.43. The van der Waals surface area contributed by atoms with Crippen LogP contribution >= 0.6 is 0 Å². The molecule has 1 aromatic heterocycles. The standard InChI is InChI=1S/C23H30N4O5S/c28-19-13-17-4-5-18(14-19)27(17)23(30)16-3-6-21-20(12-16)24-15-26(21)7-1-2-22(29)25-8-10-33(31,32)11-9-25/h3,6,12,15,17-19,28H,1-2,4-5,7-11,13-14H2. The average Bonchev–Trinajstić information content (AvgIpc) is 3.31. The number of amides is 2. The number of fused-ring (bicyclic) bond motifs is 3. The van der Waals surface area contributed by atoms with Crippen molar-refractivity contribution in [3.8, 4) is 0 Å². The summed E-state index contributed by atoms with van der Waals surface area (Å²) in [5.74, 6) is 0.0974. The Kier molecular flexibility index (Phi) is 5.90. The van der Waals surface area contributed by atoms with Crippen molar-refractivity contribution in [1.82, 2.24) is 19.4 Å². The first-order chi connectivity index (χ1) is 15.8. The van der Waals surface area contributed by atoms with Crippen LogP contribution in [0.2, 0.25) is 0 Å². The lowest BCUT2D eigenvalue weighted by Crippen LogP contribution is -2.48. The van der Waals surface area contributed by atoms with Crippen molar-refractivity contribution in [3.05, 3.63) is 30.1 Å². The fraction of sp³-hybridized carbons (Fsp3) is 0.609. The van der Waals surface area contributed by atoms with Gasteiger partial charge in [-0.2, -0.15) is 0 Å². The number of imidazole rings is 1. The third-order valence-electron chi connectivity index (χ3n) is 7.30. The summed E-state index contributed by atoms with van der Waals surface area (Å²) in [4.78, 5) is 33.6. The maximum Gasteiger partial charge on any atom is 0.254 e. The van der Waals surface area contributed by atoms with Crippen molar-refractivity contribution in [1.29, 1.82) is 0 Å². The van der Waals surface area contributed by atoms with Crippen LogP contribution in [0.4, 0.5) is 0 Å². The van der Waals surface area contributed by atoms with E-state index in [1.54, 1.807) is 11.2 Å². The Balaban J connectivity index is 1.20. The first-order valence-electron chi connectivity index (χ1n) is 11.7. The Hall–Kier alpha value is -2.46. The number of aliphatic hydroxyl groups is 1. The second-order valence-electron chi connectivity index (χ2n) is 9.50. The van der Waals surface area contributed by atoms with Gasteiger partial charge in [-0.05, 0) is 50.3 Å². The molecule has 3 saturated heterocycles. The molecule has 9 nitrogen and oxygen atoms in total. The molecule has 33 heavy (non-hydrogen) atoms. The number of nitrogens with zero attached hydrogens (tertiary/aromatic N) is 4. The van der Waals surface area contributed by atoms with Crippen LogP contribution < -0.4 is 0 Å². The molecular weight excluding hydrogens is 444 g/mol. The van der Waals surface area contributed by atoms with Crippen molar-refractivity contribution < 1.29 is 23.1 Å². The summed E-state index contributed by atoms with van der Waals surface area (Å²) in [6.07, 6.45) is 5.65. The smallest absolute Gasteiger partial charge is 0.254 e. The Morgan fingerprint density at radius 3 is 2.48 bits per heavy atom. The van der Waals surface area contributed by atoms with Crippen molar-refractivity contribution in [3.63, 3.8) is 0 Å². The number of aromatic nitrogens is 2. The number of aliphatic hydroxyl groups excluding tert-OH is 1. The molecule has 2 aromatic rings. The number of carbonyl (C=O) groups is 2. The SMILES string of the molecule is O=C(CCCn1cnc2cc(C(=O)N3C4CCC3CC(O)C4)ccc21)N1CCS(=O)(=O)CC1. The molecule has 3 aliphatic rings. The zero-order chi connectivity index (χ0) is 23.2. The number of benzene rings is 1. The molecule has 178 valence electrons. The van der Waals surface area contributed by atoms with Crippen molar-refractivity contribution in [2.24, 2.45) is 0 Å². The van der Waals surface area contributed by atoms with E-state index < -0.39 is 9.84 Å². The monoisotopic (exact) mass is 474 g/mol. The summed E-state index contributed by atoms with van der Waals surface area (Å²) in [6.45, 7) is 1.18. The van der Waals surface area contributed by atoms with Gasteiger partial charge in [0.05, 0.1) is 35.0 Å².